The minimum Gasteiger partial charge on any atom is -0.493 e. The predicted molar refractivity (Wildman–Crippen MR) is 112 cm³/mol. The molecule has 2 aromatic carbocycles. The van der Waals surface area contributed by atoms with E-state index < -0.39 is 25.7 Å². The molecule has 3 aromatic rings. The number of fused-ring (bicyclic) bond motifs is 1. The van der Waals surface area contributed by atoms with Crippen molar-refractivity contribution in [3.05, 3.63) is 84.2 Å². The van der Waals surface area contributed by atoms with Crippen LogP contribution in [-0.4, -0.2) is 34.9 Å². The molecule has 0 spiro atoms. The summed E-state index contributed by atoms with van der Waals surface area (Å²) in [6.07, 6.45) is 4.03. The van der Waals surface area contributed by atoms with Gasteiger partial charge in [-0.05, 0) is 42.0 Å². The van der Waals surface area contributed by atoms with Crippen LogP contribution in [0.5, 0.6) is 5.75 Å². The van der Waals surface area contributed by atoms with Crippen LogP contribution >= 0.6 is 10.6 Å². The van der Waals surface area contributed by atoms with E-state index in [1.54, 1.807) is 48.8 Å². The molecule has 0 saturated heterocycles. The first-order valence-electron chi connectivity index (χ1n) is 9.09. The summed E-state index contributed by atoms with van der Waals surface area (Å²) in [5.41, 5.74) is 1.40. The van der Waals surface area contributed by atoms with Gasteiger partial charge in [-0.25, -0.2) is 8.42 Å². The Morgan fingerprint density at radius 1 is 1.00 bits per heavy atom. The fraction of sp³-hybridized carbons (Fsp3) is 0.190. The molecular formula is C21H21NO5S2. The standard InChI is InChI=1S/C21H21NO5S2/c23-28(24)15-20(29(25,26)17-5-2-1-3-6-17)21-18(7-4-8-19(21)28)27-14-11-16-9-12-22-13-10-16/h1-10,12-13,20,23-24H,11,14-15H2. The lowest BCUT2D eigenvalue weighted by atomic mass is 10.1. The molecule has 1 aromatic heterocycles. The van der Waals surface area contributed by atoms with Crippen molar-refractivity contribution >= 4 is 20.4 Å². The van der Waals surface area contributed by atoms with Crippen LogP contribution in [0.3, 0.4) is 0 Å². The number of aromatic nitrogens is 1. The molecule has 8 heteroatoms. The van der Waals surface area contributed by atoms with Gasteiger partial charge in [0.05, 0.1) is 22.2 Å². The van der Waals surface area contributed by atoms with E-state index in [2.05, 4.69) is 4.98 Å². The van der Waals surface area contributed by atoms with Crippen LogP contribution in [-0.2, 0) is 16.3 Å². The van der Waals surface area contributed by atoms with Crippen molar-refractivity contribution in [2.45, 2.75) is 21.5 Å². The maximum atomic E-state index is 13.3. The molecule has 152 valence electrons. The Bertz CT molecular complexity index is 1100. The van der Waals surface area contributed by atoms with Gasteiger partial charge in [0, 0.05) is 24.4 Å². The fourth-order valence-corrected chi connectivity index (χ4v) is 7.92. The summed E-state index contributed by atoms with van der Waals surface area (Å²) in [5.74, 6) is 0.114. The molecule has 4 rings (SSSR count). The van der Waals surface area contributed by atoms with E-state index >= 15 is 0 Å². The Labute approximate surface area is 171 Å². The Morgan fingerprint density at radius 3 is 2.45 bits per heavy atom. The van der Waals surface area contributed by atoms with E-state index in [-0.39, 0.29) is 15.5 Å². The fourth-order valence-electron chi connectivity index (χ4n) is 3.48. The third-order valence-electron chi connectivity index (χ3n) is 4.93. The minimum absolute atomic E-state index is 0.152. The van der Waals surface area contributed by atoms with Gasteiger partial charge in [0.2, 0.25) is 0 Å². The third-order valence-corrected chi connectivity index (χ3v) is 9.08. The quantitative estimate of drug-likeness (QED) is 0.603. The van der Waals surface area contributed by atoms with Crippen LogP contribution in [0.15, 0.2) is 82.8 Å². The van der Waals surface area contributed by atoms with Crippen LogP contribution in [0.4, 0.5) is 0 Å². The second-order valence-corrected chi connectivity index (χ2v) is 11.0. The molecule has 0 saturated carbocycles. The molecule has 0 bridgehead atoms. The molecular weight excluding hydrogens is 410 g/mol. The highest BCUT2D eigenvalue weighted by Crippen LogP contribution is 2.63. The van der Waals surface area contributed by atoms with Crippen LogP contribution < -0.4 is 4.74 Å². The van der Waals surface area contributed by atoms with Crippen molar-refractivity contribution in [1.82, 2.24) is 4.98 Å². The summed E-state index contributed by atoms with van der Waals surface area (Å²) >= 11 is 0. The van der Waals surface area contributed by atoms with E-state index in [0.717, 1.165) is 5.56 Å². The zero-order valence-corrected chi connectivity index (χ0v) is 17.1. The zero-order chi connectivity index (χ0) is 20.5. The molecule has 2 heterocycles. The Balaban J connectivity index is 1.67. The maximum absolute atomic E-state index is 13.3. The average Bonchev–Trinajstić information content (AvgIpc) is 3.02. The Hall–Kier alpha value is -2.39. The van der Waals surface area contributed by atoms with Crippen molar-refractivity contribution in [3.8, 4) is 5.75 Å². The van der Waals surface area contributed by atoms with Gasteiger partial charge in [0.1, 0.15) is 11.0 Å². The van der Waals surface area contributed by atoms with Gasteiger partial charge < -0.3 is 4.74 Å². The topological polar surface area (TPSA) is 96.7 Å². The van der Waals surface area contributed by atoms with Crippen molar-refractivity contribution in [3.63, 3.8) is 0 Å². The van der Waals surface area contributed by atoms with Crippen LogP contribution in [0.25, 0.3) is 0 Å². The van der Waals surface area contributed by atoms with Gasteiger partial charge >= 0.3 is 0 Å². The van der Waals surface area contributed by atoms with Crippen molar-refractivity contribution < 1.29 is 22.3 Å². The monoisotopic (exact) mass is 431 g/mol. The molecule has 1 aliphatic heterocycles. The van der Waals surface area contributed by atoms with Gasteiger partial charge in [-0.1, -0.05) is 24.3 Å². The number of nitrogens with zero attached hydrogens (tertiary/aromatic N) is 1. The highest BCUT2D eigenvalue weighted by molar-refractivity contribution is 8.25. The lowest BCUT2D eigenvalue weighted by Crippen LogP contribution is -2.16. The molecule has 29 heavy (non-hydrogen) atoms. The highest BCUT2D eigenvalue weighted by Gasteiger charge is 2.45. The lowest BCUT2D eigenvalue weighted by molar-refractivity contribution is 0.317. The molecule has 0 radical (unpaired) electrons. The Morgan fingerprint density at radius 2 is 1.72 bits per heavy atom. The SMILES string of the molecule is O=S(=O)(c1ccccc1)C1CS(O)(O)c2cccc(OCCc3ccncc3)c21. The van der Waals surface area contributed by atoms with Gasteiger partial charge in [-0.15, -0.1) is 0 Å². The van der Waals surface area contributed by atoms with E-state index in [4.69, 9.17) is 4.74 Å². The largest absolute Gasteiger partial charge is 0.493 e. The lowest BCUT2D eigenvalue weighted by Gasteiger charge is -2.27. The summed E-state index contributed by atoms with van der Waals surface area (Å²) in [6.45, 7) is 0.331. The third kappa shape index (κ3) is 3.89. The number of ether oxygens (including phenoxy) is 1. The van der Waals surface area contributed by atoms with Gasteiger partial charge in [-0.2, -0.15) is 10.6 Å². The highest BCUT2D eigenvalue weighted by atomic mass is 32.3. The second-order valence-electron chi connectivity index (χ2n) is 6.80. The number of hydrogen-bond donors (Lipinski definition) is 2. The van der Waals surface area contributed by atoms with Gasteiger partial charge in [0.15, 0.2) is 9.84 Å². The maximum Gasteiger partial charge on any atom is 0.187 e. The molecule has 6 nitrogen and oxygen atoms in total. The molecule has 1 aliphatic rings. The van der Waals surface area contributed by atoms with Crippen LogP contribution in [0.2, 0.25) is 0 Å². The van der Waals surface area contributed by atoms with Gasteiger partial charge in [-0.3, -0.25) is 14.1 Å². The molecule has 0 amide bonds. The zero-order valence-electron chi connectivity index (χ0n) is 15.5. The summed E-state index contributed by atoms with van der Waals surface area (Å²) in [7, 11) is -7.02. The number of sulfone groups is 1. The van der Waals surface area contributed by atoms with Crippen molar-refractivity contribution in [2.24, 2.45) is 0 Å². The summed E-state index contributed by atoms with van der Waals surface area (Å²) in [6, 6.07) is 16.8. The first-order valence-corrected chi connectivity index (χ1v) is 12.4. The Kier molecular flexibility index (Phi) is 5.35. The number of benzene rings is 2. The molecule has 1 unspecified atom stereocenters. The van der Waals surface area contributed by atoms with E-state index in [0.29, 0.717) is 24.3 Å². The summed E-state index contributed by atoms with van der Waals surface area (Å²) < 4.78 is 53.6. The van der Waals surface area contributed by atoms with Crippen LogP contribution in [0, 0.1) is 0 Å². The molecule has 0 aliphatic carbocycles. The average molecular weight is 432 g/mol. The first kappa shape index (κ1) is 19.9. The van der Waals surface area contributed by atoms with E-state index in [9.17, 15) is 17.5 Å². The molecule has 2 N–H and O–H groups in total. The summed E-state index contributed by atoms with van der Waals surface area (Å²) in [5, 5.41) is -1.07. The molecule has 0 fully saturated rings. The number of pyridine rings is 1. The second kappa shape index (κ2) is 7.79. The minimum atomic E-state index is -3.81. The predicted octanol–water partition coefficient (Wildman–Crippen LogP) is 4.34. The number of hydrogen-bond acceptors (Lipinski definition) is 6. The number of rotatable bonds is 6. The van der Waals surface area contributed by atoms with E-state index in [1.165, 1.54) is 12.1 Å². The summed E-state index contributed by atoms with van der Waals surface area (Å²) in [4.78, 5) is 4.39. The first-order chi connectivity index (χ1) is 13.9. The smallest absolute Gasteiger partial charge is 0.187 e. The van der Waals surface area contributed by atoms with Gasteiger partial charge in [0.25, 0.3) is 0 Å². The van der Waals surface area contributed by atoms with Crippen molar-refractivity contribution in [2.75, 3.05) is 12.4 Å². The van der Waals surface area contributed by atoms with Crippen LogP contribution in [0.1, 0.15) is 16.4 Å². The molecule has 1 atom stereocenters. The normalized spacial score (nSPS) is 18.8. The van der Waals surface area contributed by atoms with Crippen molar-refractivity contribution in [1.29, 1.82) is 0 Å². The van der Waals surface area contributed by atoms with E-state index in [1.807, 2.05) is 12.1 Å².